The van der Waals surface area contributed by atoms with Crippen LogP contribution in [0.5, 0.6) is 0 Å². The first-order valence-corrected chi connectivity index (χ1v) is 6.28. The van der Waals surface area contributed by atoms with E-state index in [0.717, 1.165) is 30.6 Å². The van der Waals surface area contributed by atoms with Crippen molar-refractivity contribution in [2.75, 3.05) is 0 Å². The van der Waals surface area contributed by atoms with Crippen molar-refractivity contribution in [2.24, 2.45) is 5.73 Å². The summed E-state index contributed by atoms with van der Waals surface area (Å²) in [6, 6.07) is 3.02. The molecule has 19 heavy (non-hydrogen) atoms. The second kappa shape index (κ2) is 4.87. The molecule has 0 saturated heterocycles. The third-order valence-corrected chi connectivity index (χ3v) is 4.12. The van der Waals surface area contributed by atoms with Crippen LogP contribution >= 0.6 is 23.7 Å². The monoisotopic (exact) mass is 302 g/mol. The van der Waals surface area contributed by atoms with Gasteiger partial charge in [0.15, 0.2) is 5.82 Å². The Hall–Kier alpha value is -1.51. The number of rotatable bonds is 3. The summed E-state index contributed by atoms with van der Waals surface area (Å²) in [6.45, 7) is 0. The van der Waals surface area contributed by atoms with Crippen LogP contribution in [-0.2, 0) is 5.54 Å². The van der Waals surface area contributed by atoms with Crippen LogP contribution in [0.1, 0.15) is 25.1 Å². The third kappa shape index (κ3) is 2.34. The van der Waals surface area contributed by atoms with Crippen molar-refractivity contribution >= 4 is 28.7 Å². The second-order valence-electron chi connectivity index (χ2n) is 4.33. The highest BCUT2D eigenvalue weighted by Gasteiger charge is 2.39. The normalized spacial score (nSPS) is 16.5. The van der Waals surface area contributed by atoms with Crippen LogP contribution in [0.25, 0.3) is 10.8 Å². The summed E-state index contributed by atoms with van der Waals surface area (Å²) < 4.78 is 5.11. The average molecular weight is 303 g/mol. The van der Waals surface area contributed by atoms with E-state index >= 15 is 0 Å². The molecule has 0 spiro atoms. The van der Waals surface area contributed by atoms with Gasteiger partial charge in [-0.15, -0.1) is 12.4 Å². The molecule has 0 amide bonds. The summed E-state index contributed by atoms with van der Waals surface area (Å²) in [5, 5.41) is 14.5. The van der Waals surface area contributed by atoms with E-state index in [1.165, 1.54) is 6.07 Å². The number of aromatic nitrogens is 2. The molecule has 2 aromatic rings. The van der Waals surface area contributed by atoms with Crippen LogP contribution in [0.3, 0.4) is 0 Å². The van der Waals surface area contributed by atoms with Crippen LogP contribution in [-0.4, -0.2) is 15.1 Å². The van der Waals surface area contributed by atoms with E-state index in [1.54, 1.807) is 6.07 Å². The van der Waals surface area contributed by atoms with Gasteiger partial charge >= 0.3 is 5.00 Å². The zero-order valence-corrected chi connectivity index (χ0v) is 11.4. The molecule has 2 heterocycles. The number of nitrogens with two attached hydrogens (primary N) is 1. The molecule has 3 rings (SSSR count). The van der Waals surface area contributed by atoms with Crippen molar-refractivity contribution in [3.8, 4) is 10.8 Å². The Morgan fingerprint density at radius 1 is 1.47 bits per heavy atom. The van der Waals surface area contributed by atoms with E-state index < -0.39 is 10.5 Å². The average Bonchev–Trinajstić information content (AvgIpc) is 2.94. The largest absolute Gasteiger partial charge is 0.333 e. The Morgan fingerprint density at radius 2 is 2.21 bits per heavy atom. The molecule has 1 aliphatic rings. The van der Waals surface area contributed by atoms with Crippen molar-refractivity contribution in [1.82, 2.24) is 10.1 Å². The van der Waals surface area contributed by atoms with E-state index in [-0.39, 0.29) is 17.4 Å². The molecular formula is C10H11ClN4O3S. The maximum absolute atomic E-state index is 10.6. The molecular weight excluding hydrogens is 292 g/mol. The highest BCUT2D eigenvalue weighted by Crippen LogP contribution is 2.38. The Kier molecular flexibility index (Phi) is 3.57. The summed E-state index contributed by atoms with van der Waals surface area (Å²) >= 11 is 1.01. The van der Waals surface area contributed by atoms with Crippen LogP contribution in [0.15, 0.2) is 16.7 Å². The molecule has 0 unspecified atom stereocenters. The van der Waals surface area contributed by atoms with Gasteiger partial charge in [0.2, 0.25) is 0 Å². The molecule has 0 bridgehead atoms. The fourth-order valence-electron chi connectivity index (χ4n) is 1.85. The highest BCUT2D eigenvalue weighted by atomic mass is 35.5. The molecule has 1 fully saturated rings. The number of nitrogens with zero attached hydrogens (tertiary/aromatic N) is 3. The topological polar surface area (TPSA) is 108 Å². The minimum Gasteiger partial charge on any atom is -0.333 e. The molecule has 1 aliphatic carbocycles. The molecule has 2 N–H and O–H groups in total. The summed E-state index contributed by atoms with van der Waals surface area (Å²) in [7, 11) is 0. The molecule has 1 saturated carbocycles. The van der Waals surface area contributed by atoms with Crippen LogP contribution in [0.2, 0.25) is 0 Å². The van der Waals surface area contributed by atoms with E-state index in [4.69, 9.17) is 10.3 Å². The highest BCUT2D eigenvalue weighted by molar-refractivity contribution is 7.18. The fourth-order valence-corrected chi connectivity index (χ4v) is 2.59. The van der Waals surface area contributed by atoms with Gasteiger partial charge in [0, 0.05) is 6.07 Å². The van der Waals surface area contributed by atoms with E-state index in [0.29, 0.717) is 16.6 Å². The first-order chi connectivity index (χ1) is 8.58. The number of halogens is 1. The molecule has 2 aromatic heterocycles. The standard InChI is InChI=1S/C10H10N4O3S.ClH/c11-10(4-1-5-10)9-12-8(17-13-9)6-2-3-7(18-6)14(15)16;/h2-3H,1,4-5,11H2;1H. The predicted octanol–water partition coefficient (Wildman–Crippen LogP) is 2.47. The molecule has 102 valence electrons. The van der Waals surface area contributed by atoms with E-state index in [1.807, 2.05) is 0 Å². The van der Waals surface area contributed by atoms with Crippen LogP contribution in [0, 0.1) is 10.1 Å². The SMILES string of the molecule is Cl.NC1(c2noc(-c3ccc([N+](=O)[O-])s3)n2)CCC1. The smallest absolute Gasteiger partial charge is 0.324 e. The van der Waals surface area contributed by atoms with Crippen molar-refractivity contribution in [1.29, 1.82) is 0 Å². The first-order valence-electron chi connectivity index (χ1n) is 5.46. The Bertz CT molecular complexity index is 607. The van der Waals surface area contributed by atoms with Crippen LogP contribution in [0.4, 0.5) is 5.00 Å². The summed E-state index contributed by atoms with van der Waals surface area (Å²) in [4.78, 5) is 15.0. The summed E-state index contributed by atoms with van der Waals surface area (Å²) in [5.74, 6) is 0.777. The van der Waals surface area contributed by atoms with Gasteiger partial charge in [-0.2, -0.15) is 4.98 Å². The Morgan fingerprint density at radius 3 is 2.74 bits per heavy atom. The van der Waals surface area contributed by atoms with Gasteiger partial charge in [-0.3, -0.25) is 10.1 Å². The van der Waals surface area contributed by atoms with E-state index in [2.05, 4.69) is 10.1 Å². The molecule has 0 radical (unpaired) electrons. The number of hydrogen-bond donors (Lipinski definition) is 1. The molecule has 7 nitrogen and oxygen atoms in total. The lowest BCUT2D eigenvalue weighted by atomic mass is 9.77. The van der Waals surface area contributed by atoms with Gasteiger partial charge in [0.05, 0.1) is 15.3 Å². The Labute approximate surface area is 118 Å². The van der Waals surface area contributed by atoms with Crippen molar-refractivity contribution in [2.45, 2.75) is 24.8 Å². The molecule has 0 aromatic carbocycles. The summed E-state index contributed by atoms with van der Waals surface area (Å²) in [5.41, 5.74) is 5.60. The lowest BCUT2D eigenvalue weighted by molar-refractivity contribution is -0.380. The zero-order valence-electron chi connectivity index (χ0n) is 9.74. The molecule has 0 atom stereocenters. The minimum absolute atomic E-state index is 0. The molecule has 9 heteroatoms. The van der Waals surface area contributed by atoms with Crippen LogP contribution < -0.4 is 5.73 Å². The van der Waals surface area contributed by atoms with Crippen molar-refractivity contribution < 1.29 is 9.45 Å². The van der Waals surface area contributed by atoms with Gasteiger partial charge in [0.1, 0.15) is 0 Å². The summed E-state index contributed by atoms with van der Waals surface area (Å²) in [6.07, 6.45) is 2.75. The van der Waals surface area contributed by atoms with Gasteiger partial charge in [0.25, 0.3) is 5.89 Å². The quantitative estimate of drug-likeness (QED) is 0.689. The maximum atomic E-state index is 10.6. The fraction of sp³-hybridized carbons (Fsp3) is 0.400. The predicted molar refractivity (Wildman–Crippen MR) is 71.2 cm³/mol. The first kappa shape index (κ1) is 13.9. The Balaban J connectivity index is 0.00000133. The zero-order chi connectivity index (χ0) is 12.8. The van der Waals surface area contributed by atoms with E-state index in [9.17, 15) is 10.1 Å². The number of thiophene rings is 1. The van der Waals surface area contributed by atoms with Gasteiger partial charge in [-0.1, -0.05) is 16.5 Å². The molecule has 0 aliphatic heterocycles. The number of hydrogen-bond acceptors (Lipinski definition) is 7. The number of nitro groups is 1. The van der Waals surface area contributed by atoms with Gasteiger partial charge < -0.3 is 10.3 Å². The minimum atomic E-state index is -0.481. The van der Waals surface area contributed by atoms with Crippen molar-refractivity contribution in [3.63, 3.8) is 0 Å². The lowest BCUT2D eigenvalue weighted by Gasteiger charge is -2.34. The third-order valence-electron chi connectivity index (χ3n) is 3.10. The second-order valence-corrected chi connectivity index (χ2v) is 5.39. The van der Waals surface area contributed by atoms with Gasteiger partial charge in [-0.05, 0) is 25.3 Å². The lowest BCUT2D eigenvalue weighted by Crippen LogP contribution is -2.44. The van der Waals surface area contributed by atoms with Crippen molar-refractivity contribution in [3.05, 3.63) is 28.1 Å². The van der Waals surface area contributed by atoms with Gasteiger partial charge in [-0.25, -0.2) is 0 Å². The maximum Gasteiger partial charge on any atom is 0.324 e.